The summed E-state index contributed by atoms with van der Waals surface area (Å²) in [5.74, 6) is -1.52. The highest BCUT2D eigenvalue weighted by Gasteiger charge is 2.18. The first-order chi connectivity index (χ1) is 11.6. The second kappa shape index (κ2) is 8.53. The van der Waals surface area contributed by atoms with E-state index in [1.165, 1.54) is 6.08 Å². The summed E-state index contributed by atoms with van der Waals surface area (Å²) < 4.78 is 10.4. The van der Waals surface area contributed by atoms with Crippen LogP contribution in [0.15, 0.2) is 60.2 Å². The number of rotatable bonds is 7. The Kier molecular flexibility index (Phi) is 6.14. The van der Waals surface area contributed by atoms with Gasteiger partial charge in [0.15, 0.2) is 0 Å². The Morgan fingerprint density at radius 3 is 2.29 bits per heavy atom. The van der Waals surface area contributed by atoms with Crippen LogP contribution in [-0.4, -0.2) is 23.7 Å². The summed E-state index contributed by atoms with van der Waals surface area (Å²) in [5.41, 5.74) is 1.22. The van der Waals surface area contributed by atoms with Gasteiger partial charge in [0.05, 0.1) is 6.61 Å². The molecule has 0 atom stereocenters. The van der Waals surface area contributed by atoms with Crippen molar-refractivity contribution in [3.05, 3.63) is 71.3 Å². The number of hydrogen-bond donors (Lipinski definition) is 1. The van der Waals surface area contributed by atoms with Gasteiger partial charge in [-0.3, -0.25) is 0 Å². The van der Waals surface area contributed by atoms with Crippen molar-refractivity contribution in [3.63, 3.8) is 0 Å². The predicted octanol–water partition coefficient (Wildman–Crippen LogP) is 3.30. The third kappa shape index (κ3) is 4.98. The first kappa shape index (κ1) is 17.3. The Hall–Kier alpha value is -3.08. The van der Waals surface area contributed by atoms with E-state index in [0.717, 1.165) is 5.56 Å². The number of aliphatic carboxylic acids is 1. The maximum absolute atomic E-state index is 11.6. The molecule has 0 aliphatic rings. The monoisotopic (exact) mass is 326 g/mol. The van der Waals surface area contributed by atoms with Gasteiger partial charge in [0.25, 0.3) is 0 Å². The van der Waals surface area contributed by atoms with E-state index in [1.54, 1.807) is 31.2 Å². The molecule has 0 unspecified atom stereocenters. The van der Waals surface area contributed by atoms with E-state index in [-0.39, 0.29) is 6.61 Å². The second-order valence-corrected chi connectivity index (χ2v) is 4.93. The summed E-state index contributed by atoms with van der Waals surface area (Å²) in [4.78, 5) is 22.8. The Bertz CT molecular complexity index is 717. The van der Waals surface area contributed by atoms with E-state index in [4.69, 9.17) is 14.6 Å². The number of esters is 1. The van der Waals surface area contributed by atoms with E-state index in [9.17, 15) is 9.59 Å². The van der Waals surface area contributed by atoms with Gasteiger partial charge < -0.3 is 14.6 Å². The summed E-state index contributed by atoms with van der Waals surface area (Å²) in [5, 5.41) is 9.10. The number of carbonyl (C=O) groups is 2. The summed E-state index contributed by atoms with van der Waals surface area (Å²) >= 11 is 0. The van der Waals surface area contributed by atoms with Crippen LogP contribution >= 0.6 is 0 Å². The van der Waals surface area contributed by atoms with E-state index in [1.807, 2.05) is 30.3 Å². The van der Waals surface area contributed by atoms with Crippen LogP contribution in [0.25, 0.3) is 6.08 Å². The number of hydrogen-bond acceptors (Lipinski definition) is 4. The van der Waals surface area contributed by atoms with Gasteiger partial charge in [-0.25, -0.2) is 9.59 Å². The lowest BCUT2D eigenvalue weighted by molar-refractivity contribution is -0.143. The van der Waals surface area contributed by atoms with Crippen molar-refractivity contribution in [1.82, 2.24) is 0 Å². The van der Waals surface area contributed by atoms with Crippen LogP contribution in [-0.2, 0) is 20.9 Å². The molecule has 0 radical (unpaired) electrons. The molecule has 1 N–H and O–H groups in total. The minimum Gasteiger partial charge on any atom is -0.489 e. The van der Waals surface area contributed by atoms with Crippen molar-refractivity contribution in [2.24, 2.45) is 0 Å². The van der Waals surface area contributed by atoms with Crippen LogP contribution in [0.2, 0.25) is 0 Å². The third-order valence-electron chi connectivity index (χ3n) is 3.17. The fourth-order valence-corrected chi connectivity index (χ4v) is 1.98. The Morgan fingerprint density at radius 2 is 1.71 bits per heavy atom. The van der Waals surface area contributed by atoms with E-state index in [0.29, 0.717) is 17.9 Å². The van der Waals surface area contributed by atoms with Crippen LogP contribution in [0.1, 0.15) is 18.1 Å². The average Bonchev–Trinajstić information content (AvgIpc) is 2.59. The van der Waals surface area contributed by atoms with Crippen LogP contribution in [0.5, 0.6) is 5.75 Å². The third-order valence-corrected chi connectivity index (χ3v) is 3.17. The van der Waals surface area contributed by atoms with Crippen molar-refractivity contribution < 1.29 is 24.2 Å². The molecule has 0 spiro atoms. The molecule has 2 rings (SSSR count). The summed E-state index contributed by atoms with van der Waals surface area (Å²) in [7, 11) is 0. The largest absolute Gasteiger partial charge is 0.489 e. The first-order valence-corrected chi connectivity index (χ1v) is 7.49. The molecule has 0 saturated heterocycles. The Labute approximate surface area is 140 Å². The topological polar surface area (TPSA) is 72.8 Å². The molecule has 0 amide bonds. The van der Waals surface area contributed by atoms with Gasteiger partial charge in [-0.1, -0.05) is 42.5 Å². The lowest BCUT2D eigenvalue weighted by Gasteiger charge is -2.07. The smallest absolute Gasteiger partial charge is 0.345 e. The van der Waals surface area contributed by atoms with Crippen molar-refractivity contribution in [3.8, 4) is 5.75 Å². The molecule has 2 aromatic carbocycles. The van der Waals surface area contributed by atoms with Gasteiger partial charge in [-0.15, -0.1) is 0 Å². The van der Waals surface area contributed by atoms with Crippen molar-refractivity contribution in [2.75, 3.05) is 6.61 Å². The lowest BCUT2D eigenvalue weighted by atomic mass is 10.1. The van der Waals surface area contributed by atoms with Gasteiger partial charge in [-0.2, -0.15) is 0 Å². The van der Waals surface area contributed by atoms with E-state index in [2.05, 4.69) is 0 Å². The van der Waals surface area contributed by atoms with E-state index >= 15 is 0 Å². The summed E-state index contributed by atoms with van der Waals surface area (Å²) in [6.07, 6.45) is 1.28. The molecule has 0 aliphatic carbocycles. The summed E-state index contributed by atoms with van der Waals surface area (Å²) in [6.45, 7) is 2.19. The Balaban J connectivity index is 2.06. The first-order valence-electron chi connectivity index (χ1n) is 7.49. The number of carboxylic acid groups (broad SMARTS) is 1. The highest BCUT2D eigenvalue weighted by Crippen LogP contribution is 2.16. The molecule has 0 aromatic heterocycles. The molecular weight excluding hydrogens is 308 g/mol. The van der Waals surface area contributed by atoms with E-state index < -0.39 is 17.5 Å². The molecule has 0 bridgehead atoms. The van der Waals surface area contributed by atoms with Gasteiger partial charge >= 0.3 is 11.9 Å². The van der Waals surface area contributed by atoms with Gasteiger partial charge in [-0.05, 0) is 36.3 Å². The minimum atomic E-state index is -1.32. The maximum Gasteiger partial charge on any atom is 0.345 e. The fourth-order valence-electron chi connectivity index (χ4n) is 1.98. The highest BCUT2D eigenvalue weighted by molar-refractivity contribution is 6.17. The predicted molar refractivity (Wildman–Crippen MR) is 89.5 cm³/mol. The van der Waals surface area contributed by atoms with Crippen LogP contribution < -0.4 is 4.74 Å². The number of carbonyl (C=O) groups excluding carboxylic acids is 1. The van der Waals surface area contributed by atoms with Crippen LogP contribution in [0, 0.1) is 0 Å². The number of benzene rings is 2. The molecule has 5 heteroatoms. The van der Waals surface area contributed by atoms with Crippen LogP contribution in [0.3, 0.4) is 0 Å². The molecule has 0 saturated carbocycles. The SMILES string of the molecule is CCOC(=O)C(=Cc1ccc(OCc2ccccc2)cc1)C(=O)O. The molecule has 124 valence electrons. The molecular formula is C19H18O5. The zero-order valence-corrected chi connectivity index (χ0v) is 13.3. The summed E-state index contributed by atoms with van der Waals surface area (Å²) in [6, 6.07) is 16.6. The van der Waals surface area contributed by atoms with Gasteiger partial charge in [0.2, 0.25) is 0 Å². The minimum absolute atomic E-state index is 0.121. The van der Waals surface area contributed by atoms with Gasteiger partial charge in [0, 0.05) is 0 Å². The molecule has 5 nitrogen and oxygen atoms in total. The molecule has 0 heterocycles. The molecule has 0 aliphatic heterocycles. The van der Waals surface area contributed by atoms with Crippen molar-refractivity contribution in [1.29, 1.82) is 0 Å². The maximum atomic E-state index is 11.6. The standard InChI is InChI=1S/C19H18O5/c1-2-23-19(22)17(18(20)21)12-14-8-10-16(11-9-14)24-13-15-6-4-3-5-7-15/h3-12H,2,13H2,1H3,(H,20,21). The second-order valence-electron chi connectivity index (χ2n) is 4.93. The molecule has 0 fully saturated rings. The van der Waals surface area contributed by atoms with Crippen molar-refractivity contribution >= 4 is 18.0 Å². The Morgan fingerprint density at radius 1 is 1.04 bits per heavy atom. The lowest BCUT2D eigenvalue weighted by Crippen LogP contribution is -2.15. The number of ether oxygens (including phenoxy) is 2. The zero-order chi connectivity index (χ0) is 17.4. The molecule has 2 aromatic rings. The van der Waals surface area contributed by atoms with Crippen molar-refractivity contribution in [2.45, 2.75) is 13.5 Å². The highest BCUT2D eigenvalue weighted by atomic mass is 16.5. The fraction of sp³-hybridized carbons (Fsp3) is 0.158. The normalized spacial score (nSPS) is 11.0. The molecule has 24 heavy (non-hydrogen) atoms. The quantitative estimate of drug-likeness (QED) is 0.366. The van der Waals surface area contributed by atoms with Crippen LogP contribution in [0.4, 0.5) is 0 Å². The zero-order valence-electron chi connectivity index (χ0n) is 13.3. The van der Waals surface area contributed by atoms with Gasteiger partial charge in [0.1, 0.15) is 17.9 Å². The average molecular weight is 326 g/mol. The number of carboxylic acids is 1.